The number of benzene rings is 1. The SMILES string of the molecule is CCN(CC)CCOc1ccc(C)cc1C(C)=O. The number of likely N-dealkylation sites (N-methyl/N-ethyl adjacent to an activating group) is 1. The Morgan fingerprint density at radius 3 is 2.50 bits per heavy atom. The Morgan fingerprint density at radius 2 is 1.94 bits per heavy atom. The van der Waals surface area contributed by atoms with Gasteiger partial charge < -0.3 is 9.64 Å². The van der Waals surface area contributed by atoms with Gasteiger partial charge in [0, 0.05) is 6.54 Å². The Morgan fingerprint density at radius 1 is 1.28 bits per heavy atom. The lowest BCUT2D eigenvalue weighted by molar-refractivity contribution is 0.101. The molecule has 0 radical (unpaired) electrons. The van der Waals surface area contributed by atoms with E-state index < -0.39 is 0 Å². The van der Waals surface area contributed by atoms with Gasteiger partial charge in [-0.25, -0.2) is 0 Å². The molecule has 3 heteroatoms. The van der Waals surface area contributed by atoms with E-state index in [-0.39, 0.29) is 5.78 Å². The maximum absolute atomic E-state index is 11.5. The van der Waals surface area contributed by atoms with Crippen LogP contribution in [0.4, 0.5) is 0 Å². The van der Waals surface area contributed by atoms with Gasteiger partial charge in [0.25, 0.3) is 0 Å². The summed E-state index contributed by atoms with van der Waals surface area (Å²) in [5, 5.41) is 0. The minimum atomic E-state index is 0.0524. The monoisotopic (exact) mass is 249 g/mol. The van der Waals surface area contributed by atoms with Gasteiger partial charge >= 0.3 is 0 Å². The van der Waals surface area contributed by atoms with Crippen LogP contribution < -0.4 is 4.74 Å². The number of carbonyl (C=O) groups excluding carboxylic acids is 1. The number of carbonyl (C=O) groups is 1. The highest BCUT2D eigenvalue weighted by molar-refractivity contribution is 5.97. The van der Waals surface area contributed by atoms with Crippen molar-refractivity contribution in [1.29, 1.82) is 0 Å². The summed E-state index contributed by atoms with van der Waals surface area (Å²) in [6, 6.07) is 5.74. The summed E-state index contributed by atoms with van der Waals surface area (Å²) in [5.74, 6) is 0.747. The van der Waals surface area contributed by atoms with Crippen molar-refractivity contribution in [1.82, 2.24) is 4.90 Å². The minimum absolute atomic E-state index is 0.0524. The summed E-state index contributed by atoms with van der Waals surface area (Å²) in [4.78, 5) is 13.8. The van der Waals surface area contributed by atoms with Crippen LogP contribution in [0.2, 0.25) is 0 Å². The quantitative estimate of drug-likeness (QED) is 0.696. The van der Waals surface area contributed by atoms with Crippen LogP contribution in [-0.2, 0) is 0 Å². The Hall–Kier alpha value is -1.35. The first-order chi connectivity index (χ1) is 8.58. The number of ether oxygens (including phenoxy) is 1. The third-order valence-electron chi connectivity index (χ3n) is 3.07. The summed E-state index contributed by atoms with van der Waals surface area (Å²) in [6.07, 6.45) is 0. The number of Topliss-reactive ketones (excluding diaryl/α,β-unsaturated/α-hetero) is 1. The second-order valence-electron chi connectivity index (χ2n) is 4.43. The number of nitrogens with zero attached hydrogens (tertiary/aromatic N) is 1. The topological polar surface area (TPSA) is 29.5 Å². The largest absolute Gasteiger partial charge is 0.491 e. The van der Waals surface area contributed by atoms with E-state index in [1.165, 1.54) is 0 Å². The molecular weight excluding hydrogens is 226 g/mol. The molecule has 3 nitrogen and oxygen atoms in total. The Kier molecular flexibility index (Phi) is 5.86. The molecule has 18 heavy (non-hydrogen) atoms. The molecule has 0 saturated heterocycles. The highest BCUT2D eigenvalue weighted by Crippen LogP contribution is 2.20. The molecule has 0 unspecified atom stereocenters. The van der Waals surface area contributed by atoms with Crippen LogP contribution in [0.1, 0.15) is 36.7 Å². The van der Waals surface area contributed by atoms with Crippen molar-refractivity contribution < 1.29 is 9.53 Å². The third kappa shape index (κ3) is 4.15. The van der Waals surface area contributed by atoms with Crippen molar-refractivity contribution in [2.24, 2.45) is 0 Å². The molecule has 0 saturated carbocycles. The molecule has 0 heterocycles. The van der Waals surface area contributed by atoms with Crippen molar-refractivity contribution in [3.8, 4) is 5.75 Å². The van der Waals surface area contributed by atoms with Gasteiger partial charge in [0.15, 0.2) is 5.78 Å². The van der Waals surface area contributed by atoms with E-state index >= 15 is 0 Å². The maximum atomic E-state index is 11.5. The van der Waals surface area contributed by atoms with Crippen LogP contribution in [0, 0.1) is 6.92 Å². The second-order valence-corrected chi connectivity index (χ2v) is 4.43. The highest BCUT2D eigenvalue weighted by Gasteiger charge is 2.09. The van der Waals surface area contributed by atoms with Crippen LogP contribution in [0.15, 0.2) is 18.2 Å². The Labute approximate surface area is 110 Å². The zero-order chi connectivity index (χ0) is 13.5. The van der Waals surface area contributed by atoms with Gasteiger partial charge in [-0.2, -0.15) is 0 Å². The fourth-order valence-corrected chi connectivity index (χ4v) is 1.87. The summed E-state index contributed by atoms with van der Waals surface area (Å²) >= 11 is 0. The highest BCUT2D eigenvalue weighted by atomic mass is 16.5. The number of rotatable bonds is 7. The fourth-order valence-electron chi connectivity index (χ4n) is 1.87. The molecule has 0 N–H and O–H groups in total. The van der Waals surface area contributed by atoms with Gasteiger partial charge in [0.05, 0.1) is 5.56 Å². The Bertz CT molecular complexity index is 397. The molecule has 0 atom stereocenters. The van der Waals surface area contributed by atoms with Crippen molar-refractivity contribution in [3.05, 3.63) is 29.3 Å². The van der Waals surface area contributed by atoms with E-state index in [1.807, 2.05) is 25.1 Å². The predicted molar refractivity (Wildman–Crippen MR) is 74.5 cm³/mol. The zero-order valence-electron chi connectivity index (χ0n) is 11.8. The first-order valence-electron chi connectivity index (χ1n) is 6.55. The average molecular weight is 249 g/mol. The smallest absolute Gasteiger partial charge is 0.163 e. The molecule has 0 fully saturated rings. The molecular formula is C15H23NO2. The van der Waals surface area contributed by atoms with Gasteiger partial charge in [-0.15, -0.1) is 0 Å². The molecule has 1 aromatic carbocycles. The van der Waals surface area contributed by atoms with Crippen LogP contribution in [-0.4, -0.2) is 36.9 Å². The van der Waals surface area contributed by atoms with Gasteiger partial charge in [0.1, 0.15) is 12.4 Å². The average Bonchev–Trinajstić information content (AvgIpc) is 2.36. The van der Waals surface area contributed by atoms with E-state index in [4.69, 9.17) is 4.74 Å². The van der Waals surface area contributed by atoms with Gasteiger partial charge in [-0.05, 0) is 39.1 Å². The van der Waals surface area contributed by atoms with E-state index in [0.717, 1.165) is 25.2 Å². The molecule has 1 rings (SSSR count). The van der Waals surface area contributed by atoms with Crippen molar-refractivity contribution >= 4 is 5.78 Å². The van der Waals surface area contributed by atoms with Gasteiger partial charge in [0.2, 0.25) is 0 Å². The molecule has 0 aliphatic heterocycles. The lowest BCUT2D eigenvalue weighted by Gasteiger charge is -2.18. The molecule has 0 bridgehead atoms. The minimum Gasteiger partial charge on any atom is -0.491 e. The number of hydrogen-bond acceptors (Lipinski definition) is 3. The summed E-state index contributed by atoms with van der Waals surface area (Å²) in [5.41, 5.74) is 1.76. The van der Waals surface area contributed by atoms with Crippen molar-refractivity contribution in [2.45, 2.75) is 27.7 Å². The molecule has 100 valence electrons. The van der Waals surface area contributed by atoms with Crippen LogP contribution in [0.5, 0.6) is 5.75 Å². The molecule has 0 aromatic heterocycles. The Balaban J connectivity index is 2.64. The molecule has 0 aliphatic rings. The van der Waals surface area contributed by atoms with E-state index in [0.29, 0.717) is 17.9 Å². The van der Waals surface area contributed by atoms with Crippen molar-refractivity contribution in [3.63, 3.8) is 0 Å². The van der Waals surface area contributed by atoms with Gasteiger partial charge in [-0.1, -0.05) is 25.5 Å². The summed E-state index contributed by atoms with van der Waals surface area (Å²) in [6.45, 7) is 11.4. The number of aryl methyl sites for hydroxylation is 1. The standard InChI is InChI=1S/C15H23NO2/c1-5-16(6-2)9-10-18-15-8-7-12(3)11-14(15)13(4)17/h7-8,11H,5-6,9-10H2,1-4H3. The van der Waals surface area contributed by atoms with E-state index in [2.05, 4.69) is 18.7 Å². The lowest BCUT2D eigenvalue weighted by Crippen LogP contribution is -2.28. The van der Waals surface area contributed by atoms with Crippen LogP contribution >= 0.6 is 0 Å². The molecule has 1 aromatic rings. The lowest BCUT2D eigenvalue weighted by atomic mass is 10.1. The second kappa shape index (κ2) is 7.17. The fraction of sp³-hybridized carbons (Fsp3) is 0.533. The molecule has 0 amide bonds. The van der Waals surface area contributed by atoms with Crippen LogP contribution in [0.3, 0.4) is 0 Å². The summed E-state index contributed by atoms with van der Waals surface area (Å²) < 4.78 is 5.73. The maximum Gasteiger partial charge on any atom is 0.163 e. The predicted octanol–water partition coefficient (Wildman–Crippen LogP) is 2.92. The van der Waals surface area contributed by atoms with Gasteiger partial charge in [-0.3, -0.25) is 4.79 Å². The number of hydrogen-bond donors (Lipinski definition) is 0. The van der Waals surface area contributed by atoms with Crippen molar-refractivity contribution in [2.75, 3.05) is 26.2 Å². The van der Waals surface area contributed by atoms with Crippen LogP contribution in [0.25, 0.3) is 0 Å². The first-order valence-corrected chi connectivity index (χ1v) is 6.55. The zero-order valence-corrected chi connectivity index (χ0v) is 11.8. The normalized spacial score (nSPS) is 10.7. The third-order valence-corrected chi connectivity index (χ3v) is 3.07. The number of ketones is 1. The first kappa shape index (κ1) is 14.7. The molecule has 0 aliphatic carbocycles. The van der Waals surface area contributed by atoms with E-state index in [9.17, 15) is 4.79 Å². The summed E-state index contributed by atoms with van der Waals surface area (Å²) in [7, 11) is 0. The molecule has 0 spiro atoms. The van der Waals surface area contributed by atoms with E-state index in [1.54, 1.807) is 6.92 Å².